The summed E-state index contributed by atoms with van der Waals surface area (Å²) >= 11 is 0. The van der Waals surface area contributed by atoms with Crippen molar-refractivity contribution in [2.45, 2.75) is 6.92 Å². The molecule has 0 spiro atoms. The Morgan fingerprint density at radius 1 is 1.08 bits per heavy atom. The summed E-state index contributed by atoms with van der Waals surface area (Å²) in [6, 6.07) is 16.2. The average molecular weight is 487 g/mol. The molecule has 36 heavy (non-hydrogen) atoms. The van der Waals surface area contributed by atoms with Crippen LogP contribution in [-0.2, 0) is 4.74 Å². The van der Waals surface area contributed by atoms with Crippen molar-refractivity contribution in [3.05, 3.63) is 60.0 Å². The number of hydrogen-bond acceptors (Lipinski definition) is 7. The first-order chi connectivity index (χ1) is 17.6. The summed E-state index contributed by atoms with van der Waals surface area (Å²) in [7, 11) is 2.16. The Balaban J connectivity index is 1.60. The summed E-state index contributed by atoms with van der Waals surface area (Å²) in [5.41, 5.74) is 3.62. The third-order valence-electron chi connectivity index (χ3n) is 6.44. The van der Waals surface area contributed by atoms with Crippen molar-refractivity contribution >= 4 is 18.2 Å². The van der Waals surface area contributed by atoms with Gasteiger partial charge in [0, 0.05) is 63.1 Å². The molecular formula is C28H34N6O2. The van der Waals surface area contributed by atoms with E-state index < -0.39 is 0 Å². The Hall–Kier alpha value is -3.67. The van der Waals surface area contributed by atoms with E-state index in [4.69, 9.17) is 9.47 Å². The molecule has 2 aromatic carbocycles. The molecule has 2 saturated heterocycles. The van der Waals surface area contributed by atoms with Gasteiger partial charge in [-0.25, -0.2) is 4.99 Å². The fourth-order valence-corrected chi connectivity index (χ4v) is 4.35. The molecule has 0 aliphatic carbocycles. The Labute approximate surface area is 213 Å². The molecule has 0 amide bonds. The van der Waals surface area contributed by atoms with Crippen LogP contribution in [0.4, 0.5) is 5.69 Å². The third-order valence-corrected chi connectivity index (χ3v) is 6.44. The first-order valence-electron chi connectivity index (χ1n) is 12.4. The lowest BCUT2D eigenvalue weighted by Crippen LogP contribution is -2.44. The summed E-state index contributed by atoms with van der Waals surface area (Å²) in [6.07, 6.45) is 1.81. The average Bonchev–Trinajstić information content (AvgIpc) is 2.93. The number of rotatable bonds is 7. The van der Waals surface area contributed by atoms with E-state index in [0.717, 1.165) is 56.2 Å². The van der Waals surface area contributed by atoms with Crippen LogP contribution >= 0.6 is 0 Å². The second-order valence-corrected chi connectivity index (χ2v) is 8.83. The smallest absolute Gasteiger partial charge is 0.222 e. The number of nitriles is 1. The highest BCUT2D eigenvalue weighted by Gasteiger charge is 2.17. The fourth-order valence-electron chi connectivity index (χ4n) is 4.35. The van der Waals surface area contributed by atoms with Crippen molar-refractivity contribution < 1.29 is 9.47 Å². The number of anilines is 1. The van der Waals surface area contributed by atoms with Crippen molar-refractivity contribution in [1.29, 1.82) is 5.26 Å². The quantitative estimate of drug-likeness (QED) is 0.338. The maximum Gasteiger partial charge on any atom is 0.222 e. The fraction of sp³-hybridized carbons (Fsp3) is 0.393. The zero-order valence-electron chi connectivity index (χ0n) is 21.2. The Morgan fingerprint density at radius 3 is 2.44 bits per heavy atom. The van der Waals surface area contributed by atoms with Crippen LogP contribution in [0.1, 0.15) is 12.5 Å². The SMILES string of the molecule is C=N/C(=C\C(=NCC)N1CCOCC1)Oc1cc(C#N)ccc1-c1ccc(N2CCN(C)CC2)cc1. The highest BCUT2D eigenvalue weighted by Crippen LogP contribution is 2.33. The zero-order chi connectivity index (χ0) is 25.3. The second-order valence-electron chi connectivity index (χ2n) is 8.83. The van der Waals surface area contributed by atoms with Gasteiger partial charge in [-0.15, -0.1) is 0 Å². The summed E-state index contributed by atoms with van der Waals surface area (Å²) < 4.78 is 11.7. The Kier molecular flexibility index (Phi) is 8.71. The van der Waals surface area contributed by atoms with E-state index in [2.05, 4.69) is 68.8 Å². The van der Waals surface area contributed by atoms with Crippen LogP contribution in [0.2, 0.25) is 0 Å². The number of piperazine rings is 1. The van der Waals surface area contributed by atoms with Gasteiger partial charge in [-0.1, -0.05) is 12.1 Å². The molecule has 2 heterocycles. The van der Waals surface area contributed by atoms with Gasteiger partial charge in [0.1, 0.15) is 11.6 Å². The van der Waals surface area contributed by atoms with Crippen molar-refractivity contribution in [1.82, 2.24) is 9.80 Å². The van der Waals surface area contributed by atoms with Gasteiger partial charge in [-0.05, 0) is 56.6 Å². The van der Waals surface area contributed by atoms with Gasteiger partial charge < -0.3 is 24.2 Å². The van der Waals surface area contributed by atoms with Crippen LogP contribution in [0.5, 0.6) is 5.75 Å². The Morgan fingerprint density at radius 2 is 1.81 bits per heavy atom. The highest BCUT2D eigenvalue weighted by atomic mass is 16.5. The molecule has 8 heteroatoms. The number of amidine groups is 1. The lowest BCUT2D eigenvalue weighted by Gasteiger charge is -2.34. The first kappa shape index (κ1) is 25.4. The first-order valence-corrected chi connectivity index (χ1v) is 12.4. The minimum atomic E-state index is 0.332. The van der Waals surface area contributed by atoms with Crippen LogP contribution in [0, 0.1) is 11.3 Å². The number of aliphatic imine (C=N–C) groups is 2. The van der Waals surface area contributed by atoms with Gasteiger partial charge >= 0.3 is 0 Å². The van der Waals surface area contributed by atoms with E-state index in [9.17, 15) is 5.26 Å². The van der Waals surface area contributed by atoms with Crippen molar-refractivity contribution in [2.75, 3.05) is 71.0 Å². The molecule has 2 aliphatic heterocycles. The molecule has 0 radical (unpaired) electrons. The summed E-state index contributed by atoms with van der Waals surface area (Å²) in [5, 5.41) is 9.50. The van der Waals surface area contributed by atoms with Gasteiger partial charge in [0.15, 0.2) is 0 Å². The predicted octanol–water partition coefficient (Wildman–Crippen LogP) is 3.65. The topological polar surface area (TPSA) is 76.7 Å². The van der Waals surface area contributed by atoms with Gasteiger partial charge in [0.25, 0.3) is 0 Å². The zero-order valence-corrected chi connectivity index (χ0v) is 21.2. The molecule has 0 aromatic heterocycles. The molecule has 4 rings (SSSR count). The van der Waals surface area contributed by atoms with Crippen LogP contribution < -0.4 is 9.64 Å². The standard InChI is InChI=1S/C28H34N6O2/c1-4-31-27(34-15-17-35-18-16-34)20-28(30-2)36-26-19-22(21-29)5-10-25(26)23-6-8-24(9-7-23)33-13-11-32(3)12-14-33/h5-10,19-20H,2,4,11-18H2,1,3H3/b28-20+,31-27?. The molecule has 0 N–H and O–H groups in total. The van der Waals surface area contributed by atoms with Gasteiger partial charge in [0.2, 0.25) is 5.88 Å². The minimum absolute atomic E-state index is 0.332. The molecule has 8 nitrogen and oxygen atoms in total. The van der Waals surface area contributed by atoms with E-state index in [-0.39, 0.29) is 0 Å². The van der Waals surface area contributed by atoms with E-state index in [1.165, 1.54) is 5.69 Å². The van der Waals surface area contributed by atoms with E-state index >= 15 is 0 Å². The van der Waals surface area contributed by atoms with Crippen LogP contribution in [0.15, 0.2) is 64.4 Å². The summed E-state index contributed by atoms with van der Waals surface area (Å²) in [6.45, 7) is 13.3. The summed E-state index contributed by atoms with van der Waals surface area (Å²) in [4.78, 5) is 15.7. The molecule has 2 aromatic rings. The second kappa shape index (κ2) is 12.3. The Bertz CT molecular complexity index is 1140. The molecular weight excluding hydrogens is 452 g/mol. The van der Waals surface area contributed by atoms with E-state index in [1.807, 2.05) is 13.0 Å². The molecule has 0 saturated carbocycles. The van der Waals surface area contributed by atoms with E-state index in [1.54, 1.807) is 18.2 Å². The van der Waals surface area contributed by atoms with Crippen molar-refractivity contribution in [3.63, 3.8) is 0 Å². The maximum absolute atomic E-state index is 9.50. The monoisotopic (exact) mass is 486 g/mol. The van der Waals surface area contributed by atoms with Crippen LogP contribution in [0.25, 0.3) is 11.1 Å². The van der Waals surface area contributed by atoms with Gasteiger partial charge in [-0.3, -0.25) is 4.99 Å². The number of likely N-dealkylation sites (N-methyl/N-ethyl adjacent to an activating group) is 1. The highest BCUT2D eigenvalue weighted by molar-refractivity contribution is 5.93. The van der Waals surface area contributed by atoms with Crippen molar-refractivity contribution in [3.8, 4) is 22.9 Å². The number of hydrogen-bond donors (Lipinski definition) is 0. The summed E-state index contributed by atoms with van der Waals surface area (Å²) in [5.74, 6) is 1.68. The van der Waals surface area contributed by atoms with E-state index in [0.29, 0.717) is 37.0 Å². The number of morpholine rings is 1. The maximum atomic E-state index is 9.50. The molecule has 2 fully saturated rings. The van der Waals surface area contributed by atoms with Gasteiger partial charge in [0.05, 0.1) is 24.8 Å². The van der Waals surface area contributed by atoms with Crippen LogP contribution in [0.3, 0.4) is 0 Å². The molecule has 2 aliphatic rings. The lowest BCUT2D eigenvalue weighted by atomic mass is 10.0. The lowest BCUT2D eigenvalue weighted by molar-refractivity contribution is 0.0683. The van der Waals surface area contributed by atoms with Gasteiger partial charge in [-0.2, -0.15) is 5.26 Å². The predicted molar refractivity (Wildman–Crippen MR) is 145 cm³/mol. The molecule has 0 atom stereocenters. The third kappa shape index (κ3) is 6.30. The minimum Gasteiger partial charge on any atom is -0.438 e. The number of ether oxygens (including phenoxy) is 2. The number of benzene rings is 2. The largest absolute Gasteiger partial charge is 0.438 e. The normalized spacial score (nSPS) is 17.6. The number of nitrogens with zero attached hydrogens (tertiary/aromatic N) is 6. The molecule has 188 valence electrons. The van der Waals surface area contributed by atoms with Crippen molar-refractivity contribution in [2.24, 2.45) is 9.98 Å². The molecule has 0 unspecified atom stereocenters. The van der Waals surface area contributed by atoms with Crippen LogP contribution in [-0.4, -0.2) is 88.4 Å². The molecule has 0 bridgehead atoms.